The van der Waals surface area contributed by atoms with Crippen LogP contribution in [0.4, 0.5) is 17.1 Å². The van der Waals surface area contributed by atoms with Gasteiger partial charge in [-0.3, -0.25) is 19.3 Å². The standard InChI is InChI=1S/C28H37N5O4/c1-18-5-6-19(26(35)30-20-7-8-20)15-24(18)31-27(36)22-16-21(9-10-23(22)29)33-13-11-32(12-14-33)17-25(34)37-28(2,3)4/h5-6,9-10,15-16,20H,7-8,11-14,17,29H2,1-4H3,(H,30,35)(H,31,36). The third-order valence-electron chi connectivity index (χ3n) is 6.45. The number of benzene rings is 2. The van der Waals surface area contributed by atoms with E-state index < -0.39 is 5.60 Å². The molecule has 0 atom stereocenters. The summed E-state index contributed by atoms with van der Waals surface area (Å²) >= 11 is 0. The number of nitrogens with one attached hydrogen (secondary N) is 2. The van der Waals surface area contributed by atoms with Crippen molar-refractivity contribution in [2.75, 3.05) is 48.7 Å². The number of carbonyl (C=O) groups is 3. The molecule has 1 heterocycles. The molecule has 2 amide bonds. The van der Waals surface area contributed by atoms with Crippen LogP contribution in [0.2, 0.25) is 0 Å². The molecule has 2 aromatic carbocycles. The lowest BCUT2D eigenvalue weighted by atomic mass is 10.1. The molecule has 1 aliphatic carbocycles. The number of esters is 1. The van der Waals surface area contributed by atoms with Gasteiger partial charge in [-0.15, -0.1) is 0 Å². The minimum Gasteiger partial charge on any atom is -0.459 e. The molecule has 0 aromatic heterocycles. The lowest BCUT2D eigenvalue weighted by Gasteiger charge is -2.36. The van der Waals surface area contributed by atoms with Gasteiger partial charge < -0.3 is 26.0 Å². The Labute approximate surface area is 218 Å². The molecule has 37 heavy (non-hydrogen) atoms. The van der Waals surface area contributed by atoms with Crippen LogP contribution >= 0.6 is 0 Å². The van der Waals surface area contributed by atoms with E-state index in [-0.39, 0.29) is 30.4 Å². The van der Waals surface area contributed by atoms with E-state index in [4.69, 9.17) is 10.5 Å². The fourth-order valence-electron chi connectivity index (χ4n) is 4.24. The van der Waals surface area contributed by atoms with Gasteiger partial charge in [-0.2, -0.15) is 0 Å². The van der Waals surface area contributed by atoms with Crippen molar-refractivity contribution in [3.05, 3.63) is 53.1 Å². The number of rotatable bonds is 7. The van der Waals surface area contributed by atoms with Gasteiger partial charge in [0.05, 0.1) is 12.1 Å². The van der Waals surface area contributed by atoms with Gasteiger partial charge in [-0.1, -0.05) is 6.07 Å². The Morgan fingerprint density at radius 2 is 1.70 bits per heavy atom. The van der Waals surface area contributed by atoms with Crippen molar-refractivity contribution in [3.63, 3.8) is 0 Å². The maximum atomic E-state index is 13.2. The van der Waals surface area contributed by atoms with Crippen LogP contribution in [-0.4, -0.2) is 67.1 Å². The number of hydrogen-bond donors (Lipinski definition) is 3. The maximum absolute atomic E-state index is 13.2. The molecule has 9 nitrogen and oxygen atoms in total. The Morgan fingerprint density at radius 3 is 2.35 bits per heavy atom. The van der Waals surface area contributed by atoms with Crippen molar-refractivity contribution in [1.82, 2.24) is 10.2 Å². The highest BCUT2D eigenvalue weighted by molar-refractivity contribution is 6.09. The Bertz CT molecular complexity index is 1180. The second-order valence-electron chi connectivity index (χ2n) is 10.9. The molecule has 0 unspecified atom stereocenters. The molecule has 0 bridgehead atoms. The van der Waals surface area contributed by atoms with Crippen LogP contribution in [0.25, 0.3) is 0 Å². The predicted molar refractivity (Wildman–Crippen MR) is 145 cm³/mol. The summed E-state index contributed by atoms with van der Waals surface area (Å²) in [6.07, 6.45) is 2.02. The molecule has 2 aliphatic rings. The minimum atomic E-state index is -0.497. The second kappa shape index (κ2) is 10.8. The Hall–Kier alpha value is -3.59. The summed E-state index contributed by atoms with van der Waals surface area (Å²) in [6, 6.07) is 11.0. The number of ether oxygens (including phenoxy) is 1. The van der Waals surface area contributed by atoms with Gasteiger partial charge in [0.1, 0.15) is 5.60 Å². The highest BCUT2D eigenvalue weighted by Gasteiger charge is 2.25. The number of aryl methyl sites for hydroxylation is 1. The molecule has 2 fully saturated rings. The van der Waals surface area contributed by atoms with Gasteiger partial charge in [0.2, 0.25) is 0 Å². The van der Waals surface area contributed by atoms with E-state index in [2.05, 4.69) is 20.4 Å². The Balaban J connectivity index is 1.39. The first-order valence-electron chi connectivity index (χ1n) is 12.8. The SMILES string of the molecule is Cc1ccc(C(=O)NC2CC2)cc1NC(=O)c1cc(N2CCN(CC(=O)OC(C)(C)C)CC2)ccc1N. The molecule has 0 radical (unpaired) electrons. The summed E-state index contributed by atoms with van der Waals surface area (Å²) in [5.41, 5.74) is 9.27. The lowest BCUT2D eigenvalue weighted by molar-refractivity contribution is -0.156. The van der Waals surface area contributed by atoms with E-state index >= 15 is 0 Å². The molecule has 2 aromatic rings. The number of nitrogens with two attached hydrogens (primary N) is 1. The summed E-state index contributed by atoms with van der Waals surface area (Å²) < 4.78 is 5.43. The molecule has 0 spiro atoms. The Morgan fingerprint density at radius 1 is 1.00 bits per heavy atom. The van der Waals surface area contributed by atoms with E-state index in [1.807, 2.05) is 39.8 Å². The smallest absolute Gasteiger partial charge is 0.320 e. The predicted octanol–water partition coefficient (Wildman–Crippen LogP) is 3.19. The van der Waals surface area contributed by atoms with Gasteiger partial charge >= 0.3 is 5.97 Å². The summed E-state index contributed by atoms with van der Waals surface area (Å²) in [5.74, 6) is -0.687. The van der Waals surface area contributed by atoms with Gasteiger partial charge in [-0.25, -0.2) is 0 Å². The average molecular weight is 508 g/mol. The molecular weight excluding hydrogens is 470 g/mol. The molecule has 1 saturated heterocycles. The first-order chi connectivity index (χ1) is 17.5. The van der Waals surface area contributed by atoms with Crippen LogP contribution in [0.5, 0.6) is 0 Å². The van der Waals surface area contributed by atoms with Crippen LogP contribution in [0.3, 0.4) is 0 Å². The number of anilines is 3. The summed E-state index contributed by atoms with van der Waals surface area (Å²) in [5, 5.41) is 5.90. The maximum Gasteiger partial charge on any atom is 0.320 e. The van der Waals surface area contributed by atoms with E-state index in [0.29, 0.717) is 48.7 Å². The Kier molecular flexibility index (Phi) is 7.73. The molecule has 9 heteroatoms. The first-order valence-corrected chi connectivity index (χ1v) is 12.8. The molecule has 1 aliphatic heterocycles. The molecular formula is C28H37N5O4. The zero-order chi connectivity index (χ0) is 26.7. The number of nitrogen functional groups attached to an aromatic ring is 1. The number of carbonyl (C=O) groups excluding carboxylic acids is 3. The fourth-order valence-corrected chi connectivity index (χ4v) is 4.24. The van der Waals surface area contributed by atoms with Gasteiger partial charge in [0.25, 0.3) is 11.8 Å². The van der Waals surface area contributed by atoms with E-state index in [1.54, 1.807) is 24.3 Å². The van der Waals surface area contributed by atoms with Gasteiger partial charge in [0.15, 0.2) is 0 Å². The van der Waals surface area contributed by atoms with E-state index in [0.717, 1.165) is 24.1 Å². The number of hydrogen-bond acceptors (Lipinski definition) is 7. The average Bonchev–Trinajstić information content (AvgIpc) is 3.64. The third kappa shape index (κ3) is 7.22. The number of piperazine rings is 1. The van der Waals surface area contributed by atoms with Gasteiger partial charge in [0, 0.05) is 54.8 Å². The van der Waals surface area contributed by atoms with Crippen LogP contribution in [0.15, 0.2) is 36.4 Å². The molecule has 4 N–H and O–H groups in total. The highest BCUT2D eigenvalue weighted by atomic mass is 16.6. The van der Waals surface area contributed by atoms with Crippen LogP contribution < -0.4 is 21.3 Å². The second-order valence-corrected chi connectivity index (χ2v) is 10.9. The topological polar surface area (TPSA) is 117 Å². The van der Waals surface area contributed by atoms with Gasteiger partial charge in [-0.05, 0) is 76.4 Å². The van der Waals surface area contributed by atoms with E-state index in [1.165, 1.54) is 0 Å². The normalized spacial score (nSPS) is 16.3. The monoisotopic (exact) mass is 507 g/mol. The van der Waals surface area contributed by atoms with Crippen molar-refractivity contribution >= 4 is 34.8 Å². The number of nitrogens with zero attached hydrogens (tertiary/aromatic N) is 2. The molecule has 1 saturated carbocycles. The highest BCUT2D eigenvalue weighted by Crippen LogP contribution is 2.26. The summed E-state index contributed by atoms with van der Waals surface area (Å²) in [4.78, 5) is 42.1. The fraction of sp³-hybridized carbons (Fsp3) is 0.464. The van der Waals surface area contributed by atoms with Crippen molar-refractivity contribution < 1.29 is 19.1 Å². The van der Waals surface area contributed by atoms with Crippen LogP contribution in [0, 0.1) is 6.92 Å². The minimum absolute atomic E-state index is 0.134. The zero-order valence-corrected chi connectivity index (χ0v) is 22.1. The van der Waals surface area contributed by atoms with Crippen LogP contribution in [0.1, 0.15) is 59.9 Å². The molecule has 4 rings (SSSR count). The van der Waals surface area contributed by atoms with Crippen molar-refractivity contribution in [3.8, 4) is 0 Å². The summed E-state index contributed by atoms with van der Waals surface area (Å²) in [6.45, 7) is 10.6. The quantitative estimate of drug-likeness (QED) is 0.389. The van der Waals surface area contributed by atoms with E-state index in [9.17, 15) is 14.4 Å². The van der Waals surface area contributed by atoms with Crippen LogP contribution in [-0.2, 0) is 9.53 Å². The third-order valence-corrected chi connectivity index (χ3v) is 6.45. The number of amides is 2. The van der Waals surface area contributed by atoms with Crippen molar-refractivity contribution in [2.24, 2.45) is 0 Å². The molecule has 198 valence electrons. The van der Waals surface area contributed by atoms with Crippen molar-refractivity contribution in [2.45, 2.75) is 52.2 Å². The zero-order valence-electron chi connectivity index (χ0n) is 22.1. The summed E-state index contributed by atoms with van der Waals surface area (Å²) in [7, 11) is 0. The largest absolute Gasteiger partial charge is 0.459 e. The lowest BCUT2D eigenvalue weighted by Crippen LogP contribution is -2.48. The van der Waals surface area contributed by atoms with Crippen molar-refractivity contribution in [1.29, 1.82) is 0 Å². The first kappa shape index (κ1) is 26.5.